The molecule has 5 heteroatoms. The van der Waals surface area contributed by atoms with E-state index in [0.29, 0.717) is 17.5 Å². The standard InChI is InChI=1S/C32H31N3O2/c36-29(15-20-4-2-1-3-5-20)26-10-11-27-28(16-26)34-30(33-27)24-6-8-25(9-7-24)31(37)35-32-17-21-12-22(18-32)14-23(13-21)19-32/h1-11,16,21-23H,12-15,17-19H2,(H,33,34)(H,35,37). The number of nitrogens with zero attached hydrogens (tertiary/aromatic N) is 1. The maximum atomic E-state index is 13.2. The van der Waals surface area contributed by atoms with Crippen molar-refractivity contribution < 1.29 is 9.59 Å². The number of imidazole rings is 1. The van der Waals surface area contributed by atoms with Gasteiger partial charge in [0, 0.05) is 28.7 Å². The minimum Gasteiger partial charge on any atom is -0.347 e. The number of benzene rings is 3. The fourth-order valence-electron chi connectivity index (χ4n) is 7.56. The van der Waals surface area contributed by atoms with Gasteiger partial charge in [0.2, 0.25) is 0 Å². The predicted molar refractivity (Wildman–Crippen MR) is 144 cm³/mol. The lowest BCUT2D eigenvalue weighted by molar-refractivity contribution is -0.0167. The van der Waals surface area contributed by atoms with Crippen LogP contribution in [0.3, 0.4) is 0 Å². The van der Waals surface area contributed by atoms with Crippen LogP contribution < -0.4 is 5.32 Å². The van der Waals surface area contributed by atoms with Crippen LogP contribution >= 0.6 is 0 Å². The molecule has 0 saturated heterocycles. The highest BCUT2D eigenvalue weighted by molar-refractivity contribution is 6.00. The summed E-state index contributed by atoms with van der Waals surface area (Å²) in [4.78, 5) is 34.1. The van der Waals surface area contributed by atoms with Gasteiger partial charge in [0.25, 0.3) is 5.91 Å². The fourth-order valence-corrected chi connectivity index (χ4v) is 7.56. The van der Waals surface area contributed by atoms with Crippen LogP contribution in [0.5, 0.6) is 0 Å². The first-order valence-corrected chi connectivity index (χ1v) is 13.5. The number of Topliss-reactive ketones (excluding diaryl/α,β-unsaturated/α-hetero) is 1. The van der Waals surface area contributed by atoms with Crippen LogP contribution in [-0.4, -0.2) is 27.2 Å². The number of hydrogen-bond donors (Lipinski definition) is 2. The zero-order valence-corrected chi connectivity index (χ0v) is 20.9. The molecule has 4 aliphatic rings. The van der Waals surface area contributed by atoms with E-state index >= 15 is 0 Å². The number of hydrogen-bond acceptors (Lipinski definition) is 3. The van der Waals surface area contributed by atoms with Crippen LogP contribution in [0.4, 0.5) is 0 Å². The van der Waals surface area contributed by atoms with E-state index in [9.17, 15) is 9.59 Å². The maximum absolute atomic E-state index is 13.2. The first-order valence-electron chi connectivity index (χ1n) is 13.5. The fraction of sp³-hybridized carbons (Fsp3) is 0.344. The molecule has 0 atom stereocenters. The Balaban J connectivity index is 1.07. The smallest absolute Gasteiger partial charge is 0.251 e. The number of aromatic amines is 1. The molecule has 3 aromatic carbocycles. The van der Waals surface area contributed by atoms with E-state index in [1.165, 1.54) is 19.3 Å². The number of ketones is 1. The van der Waals surface area contributed by atoms with Gasteiger partial charge in [-0.3, -0.25) is 9.59 Å². The number of H-pyrrole nitrogens is 1. The topological polar surface area (TPSA) is 74.8 Å². The number of nitrogens with one attached hydrogen (secondary N) is 2. The van der Waals surface area contributed by atoms with Gasteiger partial charge < -0.3 is 10.3 Å². The molecule has 0 radical (unpaired) electrons. The van der Waals surface area contributed by atoms with E-state index in [2.05, 4.69) is 10.3 Å². The summed E-state index contributed by atoms with van der Waals surface area (Å²) in [6.07, 6.45) is 7.92. The predicted octanol–water partition coefficient (Wildman–Crippen LogP) is 6.35. The van der Waals surface area contributed by atoms with Gasteiger partial charge in [-0.05, 0) is 92.2 Å². The van der Waals surface area contributed by atoms with Crippen molar-refractivity contribution in [3.05, 3.63) is 89.5 Å². The highest BCUT2D eigenvalue weighted by atomic mass is 16.1. The summed E-state index contributed by atoms with van der Waals surface area (Å²) in [5.74, 6) is 3.26. The number of carbonyl (C=O) groups excluding carboxylic acids is 2. The molecule has 0 unspecified atom stereocenters. The quantitative estimate of drug-likeness (QED) is 0.310. The summed E-state index contributed by atoms with van der Waals surface area (Å²) in [7, 11) is 0. The summed E-state index contributed by atoms with van der Waals surface area (Å²) < 4.78 is 0. The largest absolute Gasteiger partial charge is 0.347 e. The molecule has 4 aromatic rings. The van der Waals surface area contributed by atoms with Crippen molar-refractivity contribution in [1.29, 1.82) is 0 Å². The molecule has 5 nitrogen and oxygen atoms in total. The van der Waals surface area contributed by atoms with Crippen molar-refractivity contribution >= 4 is 22.7 Å². The van der Waals surface area contributed by atoms with Crippen molar-refractivity contribution in [1.82, 2.24) is 15.3 Å². The van der Waals surface area contributed by atoms with E-state index in [0.717, 1.165) is 65.0 Å². The third-order valence-corrected chi connectivity index (χ3v) is 8.85. The van der Waals surface area contributed by atoms with Crippen molar-refractivity contribution in [3.8, 4) is 11.4 Å². The maximum Gasteiger partial charge on any atom is 0.251 e. The Morgan fingerprint density at radius 1 is 0.838 bits per heavy atom. The molecule has 4 saturated carbocycles. The van der Waals surface area contributed by atoms with Crippen LogP contribution in [0.15, 0.2) is 72.8 Å². The molecular weight excluding hydrogens is 458 g/mol. The normalized spacial score (nSPS) is 25.9. The molecule has 1 aromatic heterocycles. The van der Waals surface area contributed by atoms with E-state index < -0.39 is 0 Å². The van der Waals surface area contributed by atoms with Gasteiger partial charge >= 0.3 is 0 Å². The van der Waals surface area contributed by atoms with Crippen molar-refractivity contribution in [2.75, 3.05) is 0 Å². The number of carbonyl (C=O) groups is 2. The molecule has 1 heterocycles. The number of amides is 1. The van der Waals surface area contributed by atoms with Gasteiger partial charge in [-0.15, -0.1) is 0 Å². The van der Waals surface area contributed by atoms with Gasteiger partial charge in [-0.2, -0.15) is 0 Å². The number of rotatable bonds is 6. The molecule has 4 bridgehead atoms. The molecule has 2 N–H and O–H groups in total. The lowest BCUT2D eigenvalue weighted by Crippen LogP contribution is -2.59. The van der Waals surface area contributed by atoms with E-state index in [1.54, 1.807) is 0 Å². The molecule has 8 rings (SSSR count). The van der Waals surface area contributed by atoms with Crippen LogP contribution in [-0.2, 0) is 6.42 Å². The van der Waals surface area contributed by atoms with Crippen molar-refractivity contribution in [3.63, 3.8) is 0 Å². The summed E-state index contributed by atoms with van der Waals surface area (Å²) in [6, 6.07) is 23.1. The summed E-state index contributed by atoms with van der Waals surface area (Å²) >= 11 is 0. The van der Waals surface area contributed by atoms with Crippen LogP contribution in [0, 0.1) is 17.8 Å². The average Bonchev–Trinajstić information content (AvgIpc) is 3.32. The van der Waals surface area contributed by atoms with Crippen molar-refractivity contribution in [2.24, 2.45) is 17.8 Å². The zero-order valence-electron chi connectivity index (χ0n) is 20.9. The van der Waals surface area contributed by atoms with Gasteiger partial charge in [0.1, 0.15) is 5.82 Å². The second kappa shape index (κ2) is 8.69. The summed E-state index contributed by atoms with van der Waals surface area (Å²) in [6.45, 7) is 0. The lowest BCUT2D eigenvalue weighted by atomic mass is 9.53. The SMILES string of the molecule is O=C(Cc1ccccc1)c1ccc2[nH]c(-c3ccc(C(=O)NC45CC6CC(CC(C6)C4)C5)cc3)nc2c1. The Hall–Kier alpha value is -3.73. The monoisotopic (exact) mass is 489 g/mol. The van der Waals surface area contributed by atoms with Gasteiger partial charge in [0.15, 0.2) is 5.78 Å². The second-order valence-corrected chi connectivity index (χ2v) is 11.6. The molecule has 37 heavy (non-hydrogen) atoms. The molecule has 4 fully saturated rings. The van der Waals surface area contributed by atoms with Crippen LogP contribution in [0.1, 0.15) is 64.8 Å². The average molecular weight is 490 g/mol. The number of fused-ring (bicyclic) bond motifs is 1. The zero-order chi connectivity index (χ0) is 25.0. The Kier molecular flexibility index (Phi) is 5.27. The van der Waals surface area contributed by atoms with Crippen molar-refractivity contribution in [2.45, 2.75) is 50.5 Å². The Morgan fingerprint density at radius 3 is 2.16 bits per heavy atom. The second-order valence-electron chi connectivity index (χ2n) is 11.6. The first kappa shape index (κ1) is 22.5. The van der Waals surface area contributed by atoms with Gasteiger partial charge in [-0.1, -0.05) is 42.5 Å². The number of aromatic nitrogens is 2. The van der Waals surface area contributed by atoms with E-state index in [-0.39, 0.29) is 17.2 Å². The van der Waals surface area contributed by atoms with Gasteiger partial charge in [0.05, 0.1) is 11.0 Å². The Labute approximate surface area is 216 Å². The molecule has 186 valence electrons. The van der Waals surface area contributed by atoms with Crippen LogP contribution in [0.2, 0.25) is 0 Å². The highest BCUT2D eigenvalue weighted by Gasteiger charge is 2.51. The highest BCUT2D eigenvalue weighted by Crippen LogP contribution is 2.55. The molecule has 0 spiro atoms. The van der Waals surface area contributed by atoms with E-state index in [4.69, 9.17) is 4.98 Å². The minimum atomic E-state index is 0.0128. The Morgan fingerprint density at radius 2 is 1.49 bits per heavy atom. The summed E-state index contributed by atoms with van der Waals surface area (Å²) in [5, 5.41) is 3.46. The minimum absolute atomic E-state index is 0.0128. The van der Waals surface area contributed by atoms with Gasteiger partial charge in [-0.25, -0.2) is 4.98 Å². The first-order chi connectivity index (χ1) is 18.0. The molecule has 4 aliphatic carbocycles. The third-order valence-electron chi connectivity index (χ3n) is 8.85. The van der Waals surface area contributed by atoms with Crippen LogP contribution in [0.25, 0.3) is 22.4 Å². The Bertz CT molecular complexity index is 1450. The molecule has 1 amide bonds. The van der Waals surface area contributed by atoms with E-state index in [1.807, 2.05) is 72.8 Å². The molecule has 0 aliphatic heterocycles. The lowest BCUT2D eigenvalue weighted by Gasteiger charge is -2.56. The molecular formula is C32H31N3O2. The third kappa shape index (κ3) is 4.26. The summed E-state index contributed by atoms with van der Waals surface area (Å²) in [5.41, 5.74) is 4.93.